The van der Waals surface area contributed by atoms with Gasteiger partial charge < -0.3 is 9.84 Å². The van der Waals surface area contributed by atoms with E-state index < -0.39 is 0 Å². The zero-order chi connectivity index (χ0) is 12.1. The highest BCUT2D eigenvalue weighted by molar-refractivity contribution is 7.98. The molecule has 2 heterocycles. The van der Waals surface area contributed by atoms with Crippen molar-refractivity contribution < 1.29 is 4.52 Å². The van der Waals surface area contributed by atoms with Crippen LogP contribution in [0.15, 0.2) is 21.9 Å². The third-order valence-corrected chi connectivity index (χ3v) is 2.72. The van der Waals surface area contributed by atoms with Crippen molar-refractivity contribution in [3.8, 4) is 0 Å². The minimum Gasteiger partial charge on any atom is -0.369 e. The van der Waals surface area contributed by atoms with Crippen molar-refractivity contribution in [1.82, 2.24) is 20.1 Å². The molecular formula is C10H13N5OS. The van der Waals surface area contributed by atoms with Crippen LogP contribution in [-0.4, -0.2) is 32.9 Å². The van der Waals surface area contributed by atoms with Gasteiger partial charge in [-0.3, -0.25) is 0 Å². The Kier molecular flexibility index (Phi) is 3.92. The topological polar surface area (TPSA) is 76.7 Å². The Balaban J connectivity index is 1.85. The Morgan fingerprint density at radius 3 is 3.00 bits per heavy atom. The van der Waals surface area contributed by atoms with E-state index >= 15 is 0 Å². The fourth-order valence-corrected chi connectivity index (χ4v) is 1.68. The lowest BCUT2D eigenvalue weighted by atomic mass is 10.4. The molecule has 0 aliphatic carbocycles. The van der Waals surface area contributed by atoms with Crippen molar-refractivity contribution in [1.29, 1.82) is 0 Å². The number of aryl methyl sites for hydroxylation is 1. The third-order valence-electron chi connectivity index (χ3n) is 2.08. The number of rotatable bonds is 5. The molecule has 0 aliphatic heterocycles. The number of anilines is 1. The van der Waals surface area contributed by atoms with E-state index in [9.17, 15) is 0 Å². The van der Waals surface area contributed by atoms with Crippen LogP contribution in [0.4, 0.5) is 5.82 Å². The first-order valence-electron chi connectivity index (χ1n) is 5.17. The lowest BCUT2D eigenvalue weighted by molar-refractivity contribution is 0.387. The number of hydrogen-bond acceptors (Lipinski definition) is 7. The second-order valence-electron chi connectivity index (χ2n) is 3.35. The molecule has 0 radical (unpaired) electrons. The predicted molar refractivity (Wildman–Crippen MR) is 65.0 cm³/mol. The molecule has 0 atom stereocenters. The van der Waals surface area contributed by atoms with Crippen molar-refractivity contribution in [3.05, 3.63) is 24.1 Å². The molecule has 0 amide bonds. The van der Waals surface area contributed by atoms with Gasteiger partial charge in [0.25, 0.3) is 0 Å². The van der Waals surface area contributed by atoms with E-state index in [1.807, 2.05) is 12.3 Å². The van der Waals surface area contributed by atoms with E-state index in [1.165, 1.54) is 0 Å². The number of nitrogens with one attached hydrogen (secondary N) is 1. The summed E-state index contributed by atoms with van der Waals surface area (Å²) in [6.07, 6.45) is 4.23. The zero-order valence-corrected chi connectivity index (χ0v) is 10.5. The minimum atomic E-state index is 0.590. The van der Waals surface area contributed by atoms with Gasteiger partial charge in [-0.2, -0.15) is 4.98 Å². The van der Waals surface area contributed by atoms with Crippen LogP contribution in [0, 0.1) is 6.92 Å². The second-order valence-corrected chi connectivity index (χ2v) is 4.18. The molecule has 2 aromatic rings. The fourth-order valence-electron chi connectivity index (χ4n) is 1.29. The van der Waals surface area contributed by atoms with Crippen LogP contribution >= 0.6 is 11.8 Å². The smallest absolute Gasteiger partial charge is 0.223 e. The monoisotopic (exact) mass is 251 g/mol. The Labute approximate surface area is 103 Å². The van der Waals surface area contributed by atoms with Crippen LogP contribution in [-0.2, 0) is 6.42 Å². The SMILES string of the molecule is CSc1cc(NCCc2noc(C)n2)ncn1. The van der Waals surface area contributed by atoms with Gasteiger partial charge in [0.1, 0.15) is 17.2 Å². The normalized spacial score (nSPS) is 10.5. The molecule has 0 saturated carbocycles. The Morgan fingerprint density at radius 2 is 2.29 bits per heavy atom. The highest BCUT2D eigenvalue weighted by Gasteiger charge is 2.02. The molecule has 2 aromatic heterocycles. The highest BCUT2D eigenvalue weighted by Crippen LogP contribution is 2.13. The van der Waals surface area contributed by atoms with Crippen LogP contribution in [0.2, 0.25) is 0 Å². The van der Waals surface area contributed by atoms with Crippen molar-refractivity contribution in [2.45, 2.75) is 18.4 Å². The maximum Gasteiger partial charge on any atom is 0.223 e. The van der Waals surface area contributed by atoms with Crippen molar-refractivity contribution in [3.63, 3.8) is 0 Å². The van der Waals surface area contributed by atoms with Crippen LogP contribution in [0.25, 0.3) is 0 Å². The number of thioether (sulfide) groups is 1. The third kappa shape index (κ3) is 3.42. The summed E-state index contributed by atoms with van der Waals surface area (Å²) >= 11 is 1.59. The Hall–Kier alpha value is -1.63. The zero-order valence-electron chi connectivity index (χ0n) is 9.67. The first kappa shape index (κ1) is 11.8. The van der Waals surface area contributed by atoms with Gasteiger partial charge in [-0.05, 0) is 6.26 Å². The predicted octanol–water partition coefficient (Wildman–Crippen LogP) is 1.54. The average molecular weight is 251 g/mol. The molecule has 6 nitrogen and oxygen atoms in total. The van der Waals surface area contributed by atoms with Crippen LogP contribution in [0.5, 0.6) is 0 Å². The van der Waals surface area contributed by atoms with Gasteiger partial charge in [-0.1, -0.05) is 5.16 Å². The van der Waals surface area contributed by atoms with Gasteiger partial charge in [-0.25, -0.2) is 9.97 Å². The Morgan fingerprint density at radius 1 is 1.41 bits per heavy atom. The molecule has 7 heteroatoms. The molecule has 1 N–H and O–H groups in total. The molecule has 90 valence electrons. The van der Waals surface area contributed by atoms with Crippen LogP contribution < -0.4 is 5.32 Å². The van der Waals surface area contributed by atoms with Crippen molar-refractivity contribution in [2.75, 3.05) is 18.1 Å². The number of hydrogen-bond donors (Lipinski definition) is 1. The summed E-state index contributed by atoms with van der Waals surface area (Å²) < 4.78 is 4.89. The largest absolute Gasteiger partial charge is 0.369 e. The fraction of sp³-hybridized carbons (Fsp3) is 0.400. The molecule has 17 heavy (non-hydrogen) atoms. The molecule has 0 aliphatic rings. The first-order chi connectivity index (χ1) is 8.28. The van der Waals surface area contributed by atoms with E-state index in [4.69, 9.17) is 4.52 Å². The summed E-state index contributed by atoms with van der Waals surface area (Å²) in [6, 6.07) is 1.91. The van der Waals surface area contributed by atoms with E-state index in [2.05, 4.69) is 25.4 Å². The summed E-state index contributed by atoms with van der Waals surface area (Å²) in [5.41, 5.74) is 0. The first-order valence-corrected chi connectivity index (χ1v) is 6.39. The van der Waals surface area contributed by atoms with E-state index in [-0.39, 0.29) is 0 Å². The molecule has 2 rings (SSSR count). The maximum absolute atomic E-state index is 4.89. The summed E-state index contributed by atoms with van der Waals surface area (Å²) in [5, 5.41) is 7.95. The molecule has 0 spiro atoms. The van der Waals surface area contributed by atoms with E-state index in [0.717, 1.165) is 10.8 Å². The summed E-state index contributed by atoms with van der Waals surface area (Å²) in [7, 11) is 0. The second kappa shape index (κ2) is 5.62. The summed E-state index contributed by atoms with van der Waals surface area (Å²) in [6.45, 7) is 2.49. The van der Waals surface area contributed by atoms with Gasteiger partial charge >= 0.3 is 0 Å². The lowest BCUT2D eigenvalue weighted by Crippen LogP contribution is -2.07. The number of aromatic nitrogens is 4. The van der Waals surface area contributed by atoms with Crippen molar-refractivity contribution >= 4 is 17.6 Å². The van der Waals surface area contributed by atoms with Crippen LogP contribution in [0.3, 0.4) is 0 Å². The highest BCUT2D eigenvalue weighted by atomic mass is 32.2. The van der Waals surface area contributed by atoms with Gasteiger partial charge in [0.05, 0.1) is 0 Å². The van der Waals surface area contributed by atoms with Gasteiger partial charge in [-0.15, -0.1) is 11.8 Å². The van der Waals surface area contributed by atoms with Gasteiger partial charge in [0.15, 0.2) is 5.82 Å². The minimum absolute atomic E-state index is 0.590. The summed E-state index contributed by atoms with van der Waals surface area (Å²) in [5.74, 6) is 2.10. The molecule has 0 fully saturated rings. The lowest BCUT2D eigenvalue weighted by Gasteiger charge is -2.03. The summed E-state index contributed by atoms with van der Waals surface area (Å²) in [4.78, 5) is 12.3. The molecule has 0 unspecified atom stereocenters. The molecular weight excluding hydrogens is 238 g/mol. The van der Waals surface area contributed by atoms with E-state index in [0.29, 0.717) is 24.7 Å². The van der Waals surface area contributed by atoms with Crippen LogP contribution in [0.1, 0.15) is 11.7 Å². The van der Waals surface area contributed by atoms with Gasteiger partial charge in [0, 0.05) is 26.0 Å². The Bertz CT molecular complexity index is 487. The molecule has 0 saturated heterocycles. The van der Waals surface area contributed by atoms with Gasteiger partial charge in [0.2, 0.25) is 5.89 Å². The standard InChI is InChI=1S/C10H13N5OS/c1-7-14-8(15-16-7)3-4-11-9-5-10(17-2)13-6-12-9/h5-6H,3-4H2,1-2H3,(H,11,12,13). The molecule has 0 aromatic carbocycles. The maximum atomic E-state index is 4.89. The van der Waals surface area contributed by atoms with Crippen molar-refractivity contribution in [2.24, 2.45) is 0 Å². The quantitative estimate of drug-likeness (QED) is 0.638. The average Bonchev–Trinajstić information content (AvgIpc) is 2.75. The number of nitrogens with zero attached hydrogens (tertiary/aromatic N) is 4. The van der Waals surface area contributed by atoms with E-state index in [1.54, 1.807) is 25.0 Å². The molecule has 0 bridgehead atoms.